The number of rotatable bonds is 21. The smallest absolute Gasteiger partial charge is 0.0522 e. The van der Waals surface area contributed by atoms with Gasteiger partial charge in [-0.3, -0.25) is 0 Å². The van der Waals surface area contributed by atoms with E-state index < -0.39 is 24.2 Å². The lowest BCUT2D eigenvalue weighted by Crippen LogP contribution is -2.68. The van der Waals surface area contributed by atoms with Crippen LogP contribution in [-0.4, -0.2) is 24.2 Å². The van der Waals surface area contributed by atoms with Crippen molar-refractivity contribution >= 4 is 24.2 Å². The van der Waals surface area contributed by atoms with E-state index in [9.17, 15) is 0 Å². The zero-order valence-corrected chi connectivity index (χ0v) is 34.6. The third-order valence-corrected chi connectivity index (χ3v) is 38.5. The molecule has 0 unspecified atom stereocenters. The van der Waals surface area contributed by atoms with E-state index in [0.29, 0.717) is 0 Å². The normalized spacial score (nSPS) is 14.4. The highest BCUT2D eigenvalue weighted by molar-refractivity contribution is 7.15. The van der Waals surface area contributed by atoms with Gasteiger partial charge in [0, 0.05) is 0 Å². The molecule has 0 N–H and O–H groups in total. The predicted molar refractivity (Wildman–Crippen MR) is 198 cm³/mol. The van der Waals surface area contributed by atoms with E-state index in [-0.39, 0.29) is 0 Å². The maximum atomic E-state index is 2.60. The van der Waals surface area contributed by atoms with Gasteiger partial charge in [0.2, 0.25) is 0 Å². The lowest BCUT2D eigenvalue weighted by atomic mass is 10.2. The molecule has 0 bridgehead atoms. The molecule has 242 valence electrons. The minimum atomic E-state index is -1.66. The van der Waals surface area contributed by atoms with E-state index in [0.717, 1.165) is 53.3 Å². The van der Waals surface area contributed by atoms with Crippen molar-refractivity contribution < 1.29 is 0 Å². The zero-order valence-electron chi connectivity index (χ0n) is 31.6. The van der Waals surface area contributed by atoms with E-state index in [1.54, 1.807) is 54.4 Å². The summed E-state index contributed by atoms with van der Waals surface area (Å²) in [6.45, 7) is 46.9. The quantitative estimate of drug-likeness (QED) is 0.113. The molecular formula is C37H82Si3. The Morgan fingerprint density at radius 3 is 0.400 bits per heavy atom. The summed E-state index contributed by atoms with van der Waals surface area (Å²) in [5.74, 6) is 7.49. The second-order valence-corrected chi connectivity index (χ2v) is 34.2. The third kappa shape index (κ3) is 13.5. The van der Waals surface area contributed by atoms with Crippen molar-refractivity contribution in [2.75, 3.05) is 0 Å². The molecule has 0 saturated carbocycles. The van der Waals surface area contributed by atoms with Crippen LogP contribution in [0.15, 0.2) is 0 Å². The summed E-state index contributed by atoms with van der Waals surface area (Å²) in [4.78, 5) is 1.17. The molecule has 0 heterocycles. The molecule has 0 aliphatic heterocycles. The Morgan fingerprint density at radius 2 is 0.325 bits per heavy atom. The fourth-order valence-corrected chi connectivity index (χ4v) is 51.3. The van der Waals surface area contributed by atoms with Gasteiger partial charge in [-0.2, -0.15) is 0 Å². The van der Waals surface area contributed by atoms with Crippen molar-refractivity contribution in [1.82, 2.24) is 0 Å². The fourth-order valence-electron chi connectivity index (χ4n) is 11.1. The Kier molecular flexibility index (Phi) is 18.1. The van der Waals surface area contributed by atoms with Crippen LogP contribution in [0.2, 0.25) is 59.2 Å². The van der Waals surface area contributed by atoms with Crippen molar-refractivity contribution in [1.29, 1.82) is 0 Å². The second kappa shape index (κ2) is 17.8. The molecule has 0 aromatic rings. The first-order valence-corrected chi connectivity index (χ1v) is 26.2. The van der Waals surface area contributed by atoms with Crippen LogP contribution in [0.25, 0.3) is 0 Å². The molecule has 0 amide bonds. The molecule has 0 rings (SSSR count). The topological polar surface area (TPSA) is 0 Å². The van der Waals surface area contributed by atoms with Gasteiger partial charge in [0.1, 0.15) is 0 Å². The van der Waals surface area contributed by atoms with Crippen LogP contribution in [0.1, 0.15) is 125 Å². The van der Waals surface area contributed by atoms with Gasteiger partial charge >= 0.3 is 0 Å². The maximum Gasteiger partial charge on any atom is 0.0522 e. The molecule has 0 fully saturated rings. The molecule has 0 atom stereocenters. The summed E-state index contributed by atoms with van der Waals surface area (Å²) in [7, 11) is -4.99. The van der Waals surface area contributed by atoms with Crippen molar-refractivity contribution in [2.24, 2.45) is 53.3 Å². The van der Waals surface area contributed by atoms with Crippen LogP contribution in [0, 0.1) is 53.3 Å². The summed E-state index contributed by atoms with van der Waals surface area (Å²) in [5, 5.41) is 0. The molecule has 0 saturated heterocycles. The van der Waals surface area contributed by atoms with E-state index >= 15 is 0 Å². The van der Waals surface area contributed by atoms with Gasteiger partial charge in [-0.15, -0.1) is 0 Å². The fraction of sp³-hybridized carbons (Fsp3) is 1.00. The summed E-state index contributed by atoms with van der Waals surface area (Å²) in [6, 6.07) is 14.4. The number of hydrogen-bond donors (Lipinski definition) is 0. The third-order valence-electron chi connectivity index (χ3n) is 9.17. The SMILES string of the molecule is CC(C)C[Si](CC(C)C)(CC(C)C)C([Si](CC(C)C)(CC(C)C)CC(C)C)[Si](CC(C)C)(CC(C)C)CC(C)C. The van der Waals surface area contributed by atoms with Gasteiger partial charge in [0.15, 0.2) is 0 Å². The Bertz CT molecular complexity index is 486. The highest BCUT2D eigenvalue weighted by atomic mass is 28.5. The Labute approximate surface area is 260 Å². The van der Waals surface area contributed by atoms with Crippen LogP contribution in [-0.2, 0) is 0 Å². The molecular weight excluding hydrogens is 529 g/mol. The van der Waals surface area contributed by atoms with Crippen LogP contribution in [0.3, 0.4) is 0 Å². The summed E-state index contributed by atoms with van der Waals surface area (Å²) in [6.07, 6.45) is 0. The lowest BCUT2D eigenvalue weighted by Gasteiger charge is -2.61. The molecule has 0 aliphatic rings. The van der Waals surface area contributed by atoms with Gasteiger partial charge in [-0.05, 0) is 53.3 Å². The highest BCUT2D eigenvalue weighted by Gasteiger charge is 2.62. The van der Waals surface area contributed by atoms with Gasteiger partial charge in [-0.1, -0.05) is 184 Å². The maximum absolute atomic E-state index is 2.60. The molecule has 0 spiro atoms. The molecule has 0 aromatic heterocycles. The second-order valence-electron chi connectivity index (χ2n) is 18.9. The van der Waals surface area contributed by atoms with Gasteiger partial charge < -0.3 is 0 Å². The van der Waals surface area contributed by atoms with E-state index in [1.807, 2.05) is 0 Å². The van der Waals surface area contributed by atoms with E-state index in [4.69, 9.17) is 0 Å². The largest absolute Gasteiger partial charge is 0.0630 e. The first kappa shape index (κ1) is 40.7. The zero-order chi connectivity index (χ0) is 31.6. The lowest BCUT2D eigenvalue weighted by molar-refractivity contribution is 0.605. The molecule has 40 heavy (non-hydrogen) atoms. The van der Waals surface area contributed by atoms with E-state index in [2.05, 4.69) is 125 Å². The Balaban J connectivity index is 8.42. The van der Waals surface area contributed by atoms with E-state index in [1.165, 1.54) is 4.79 Å². The summed E-state index contributed by atoms with van der Waals surface area (Å²) < 4.78 is 0. The predicted octanol–water partition coefficient (Wildman–Crippen LogP) is 13.7. The molecule has 0 aromatic carbocycles. The van der Waals surface area contributed by atoms with Crippen molar-refractivity contribution in [3.63, 3.8) is 0 Å². The molecule has 0 aliphatic carbocycles. The monoisotopic (exact) mass is 611 g/mol. The minimum absolute atomic E-state index is 0.833. The van der Waals surface area contributed by atoms with Crippen molar-refractivity contribution in [2.45, 2.75) is 184 Å². The Morgan fingerprint density at radius 1 is 0.225 bits per heavy atom. The first-order valence-electron chi connectivity index (χ1n) is 18.1. The molecule has 3 heteroatoms. The number of hydrogen-bond acceptors (Lipinski definition) is 0. The minimum Gasteiger partial charge on any atom is -0.0630 e. The summed E-state index contributed by atoms with van der Waals surface area (Å²) >= 11 is 0. The van der Waals surface area contributed by atoms with Gasteiger partial charge in [-0.25, -0.2) is 0 Å². The van der Waals surface area contributed by atoms with Crippen molar-refractivity contribution in [3.05, 3.63) is 0 Å². The standard InChI is InChI=1S/C37H82Si3/c1-28(2)19-38(20-29(3)4,21-30(5)6)37(39(22-31(7)8,23-32(9)10)24-33(11)12)40(25-34(13)14,26-35(15)16)27-36(17)18/h28-37H,19-27H2,1-18H3. The first-order chi connectivity index (χ1) is 18.1. The average Bonchev–Trinajstić information content (AvgIpc) is 2.61. The Hall–Kier alpha value is 0.651. The summed E-state index contributed by atoms with van der Waals surface area (Å²) in [5.41, 5.74) is 0. The van der Waals surface area contributed by atoms with Crippen LogP contribution >= 0.6 is 0 Å². The van der Waals surface area contributed by atoms with Crippen LogP contribution in [0.5, 0.6) is 0 Å². The molecule has 0 nitrogen and oxygen atoms in total. The average molecular weight is 611 g/mol. The van der Waals surface area contributed by atoms with Gasteiger partial charge in [0.05, 0.1) is 24.2 Å². The molecule has 0 radical (unpaired) electrons. The van der Waals surface area contributed by atoms with Crippen LogP contribution in [0.4, 0.5) is 0 Å². The van der Waals surface area contributed by atoms with Crippen LogP contribution < -0.4 is 0 Å². The highest BCUT2D eigenvalue weighted by Crippen LogP contribution is 2.59. The van der Waals surface area contributed by atoms with Crippen molar-refractivity contribution in [3.8, 4) is 0 Å². The van der Waals surface area contributed by atoms with Gasteiger partial charge in [0.25, 0.3) is 0 Å².